The van der Waals surface area contributed by atoms with E-state index in [4.69, 9.17) is 4.74 Å². The van der Waals surface area contributed by atoms with E-state index in [2.05, 4.69) is 19.2 Å². The minimum atomic E-state index is -0.661. The molecule has 6 heteroatoms. The third kappa shape index (κ3) is 58.1. The van der Waals surface area contributed by atoms with Gasteiger partial charge < -0.3 is 20.3 Å². The predicted molar refractivity (Wildman–Crippen MR) is 315 cm³/mol. The summed E-state index contributed by atoms with van der Waals surface area (Å²) in [7, 11) is 0. The maximum absolute atomic E-state index is 12.5. The maximum atomic E-state index is 12.5. The van der Waals surface area contributed by atoms with Crippen molar-refractivity contribution in [3.8, 4) is 0 Å². The highest BCUT2D eigenvalue weighted by Crippen LogP contribution is 2.19. The van der Waals surface area contributed by atoms with Crippen LogP contribution in [0.3, 0.4) is 0 Å². The molecule has 0 rings (SSSR count). The second-order valence-corrected chi connectivity index (χ2v) is 23.2. The Morgan fingerprint density at radius 3 is 0.847 bits per heavy atom. The molecule has 0 aromatic carbocycles. The molecular formula is C66H131NO5. The van der Waals surface area contributed by atoms with Crippen molar-refractivity contribution in [2.75, 3.05) is 13.2 Å². The average molecular weight is 1020 g/mol. The highest BCUT2D eigenvalue weighted by atomic mass is 16.5. The average Bonchev–Trinajstić information content (AvgIpc) is 3.38. The molecule has 0 aliphatic carbocycles. The standard InChI is InChI=1S/C66H131NO5/c1-3-5-7-9-11-13-15-17-18-19-26-30-33-36-40-44-48-52-56-60-66(71)72-61-57-53-49-45-41-37-34-31-28-25-23-21-20-22-24-27-29-32-35-39-43-47-51-55-59-65(70)67-63(62-68)64(69)58-54-50-46-42-38-16-14-12-10-8-6-4-2/h63-64,68-69H,3-62H2,1-2H3,(H,67,70). The number of esters is 1. The molecule has 0 aliphatic heterocycles. The summed E-state index contributed by atoms with van der Waals surface area (Å²) < 4.78 is 5.51. The number of amides is 1. The number of hydrogen-bond donors (Lipinski definition) is 3. The number of nitrogens with one attached hydrogen (secondary N) is 1. The molecule has 430 valence electrons. The Morgan fingerprint density at radius 2 is 0.569 bits per heavy atom. The molecule has 72 heavy (non-hydrogen) atoms. The summed E-state index contributed by atoms with van der Waals surface area (Å²) in [5.41, 5.74) is 0. The molecule has 0 aromatic rings. The summed E-state index contributed by atoms with van der Waals surface area (Å²) in [6.07, 6.45) is 74.2. The van der Waals surface area contributed by atoms with Crippen LogP contribution in [-0.4, -0.2) is 47.4 Å². The second-order valence-electron chi connectivity index (χ2n) is 23.2. The summed E-state index contributed by atoms with van der Waals surface area (Å²) >= 11 is 0. The fourth-order valence-electron chi connectivity index (χ4n) is 10.8. The summed E-state index contributed by atoms with van der Waals surface area (Å²) in [6.45, 7) is 4.99. The Labute approximate surface area is 451 Å². The van der Waals surface area contributed by atoms with E-state index in [9.17, 15) is 19.8 Å². The molecule has 2 atom stereocenters. The predicted octanol–water partition coefficient (Wildman–Crippen LogP) is 21.0. The molecule has 0 aliphatic rings. The number of aliphatic hydroxyl groups excluding tert-OH is 2. The van der Waals surface area contributed by atoms with Gasteiger partial charge in [-0.2, -0.15) is 0 Å². The molecule has 0 radical (unpaired) electrons. The van der Waals surface area contributed by atoms with Crippen molar-refractivity contribution in [3.63, 3.8) is 0 Å². The first-order valence-corrected chi connectivity index (χ1v) is 33.3. The van der Waals surface area contributed by atoms with Crippen LogP contribution in [0.5, 0.6) is 0 Å². The number of aliphatic hydroxyl groups is 2. The normalized spacial score (nSPS) is 12.4. The number of rotatable bonds is 63. The van der Waals surface area contributed by atoms with Crippen molar-refractivity contribution in [2.45, 2.75) is 398 Å². The Kier molecular flexibility index (Phi) is 61.4. The smallest absolute Gasteiger partial charge is 0.305 e. The highest BCUT2D eigenvalue weighted by molar-refractivity contribution is 5.76. The molecule has 1 amide bonds. The molecule has 0 spiro atoms. The number of carbonyl (C=O) groups is 2. The van der Waals surface area contributed by atoms with Gasteiger partial charge in [0.25, 0.3) is 0 Å². The Bertz CT molecular complexity index is 1040. The first-order chi connectivity index (χ1) is 35.5. The Hall–Kier alpha value is -1.14. The number of carbonyl (C=O) groups excluding carboxylic acids is 2. The van der Waals surface area contributed by atoms with E-state index in [1.165, 1.54) is 315 Å². The molecule has 0 aromatic heterocycles. The van der Waals surface area contributed by atoms with Crippen LogP contribution in [-0.2, 0) is 14.3 Å². The number of unbranched alkanes of at least 4 members (excludes halogenated alkanes) is 52. The molecule has 3 N–H and O–H groups in total. The molecule has 0 bridgehead atoms. The van der Waals surface area contributed by atoms with E-state index in [0.29, 0.717) is 25.9 Å². The van der Waals surface area contributed by atoms with Gasteiger partial charge in [-0.05, 0) is 25.7 Å². The molecule has 6 nitrogen and oxygen atoms in total. The lowest BCUT2D eigenvalue weighted by Gasteiger charge is -2.22. The van der Waals surface area contributed by atoms with Gasteiger partial charge >= 0.3 is 5.97 Å². The van der Waals surface area contributed by atoms with Crippen LogP contribution in [0.1, 0.15) is 386 Å². The maximum Gasteiger partial charge on any atom is 0.305 e. The summed E-state index contributed by atoms with van der Waals surface area (Å²) in [6, 6.07) is -0.538. The van der Waals surface area contributed by atoms with Crippen LogP contribution in [0.4, 0.5) is 0 Å². The summed E-state index contributed by atoms with van der Waals surface area (Å²) in [5.74, 6) is -0.0104. The largest absolute Gasteiger partial charge is 0.466 e. The topological polar surface area (TPSA) is 95.9 Å². The van der Waals surface area contributed by atoms with Crippen molar-refractivity contribution in [3.05, 3.63) is 0 Å². The first-order valence-electron chi connectivity index (χ1n) is 33.3. The van der Waals surface area contributed by atoms with Gasteiger partial charge in [-0.1, -0.05) is 348 Å². The van der Waals surface area contributed by atoms with Crippen molar-refractivity contribution in [2.24, 2.45) is 0 Å². The molecule has 2 unspecified atom stereocenters. The van der Waals surface area contributed by atoms with Gasteiger partial charge in [0, 0.05) is 12.8 Å². The lowest BCUT2D eigenvalue weighted by molar-refractivity contribution is -0.143. The second kappa shape index (κ2) is 62.4. The van der Waals surface area contributed by atoms with Gasteiger partial charge in [-0.15, -0.1) is 0 Å². The fourth-order valence-corrected chi connectivity index (χ4v) is 10.8. The zero-order chi connectivity index (χ0) is 52.2. The van der Waals surface area contributed by atoms with Gasteiger partial charge in [0.2, 0.25) is 5.91 Å². The van der Waals surface area contributed by atoms with Gasteiger partial charge in [-0.25, -0.2) is 0 Å². The van der Waals surface area contributed by atoms with Gasteiger partial charge in [0.1, 0.15) is 0 Å². The van der Waals surface area contributed by atoms with Crippen molar-refractivity contribution in [1.29, 1.82) is 0 Å². The zero-order valence-corrected chi connectivity index (χ0v) is 49.2. The molecular weight excluding hydrogens is 887 g/mol. The van der Waals surface area contributed by atoms with Crippen molar-refractivity contribution < 1.29 is 24.5 Å². The summed E-state index contributed by atoms with van der Waals surface area (Å²) in [5, 5.41) is 23.2. The van der Waals surface area contributed by atoms with Crippen LogP contribution in [0.25, 0.3) is 0 Å². The van der Waals surface area contributed by atoms with Gasteiger partial charge in [0.05, 0.1) is 25.4 Å². The van der Waals surface area contributed by atoms with Gasteiger partial charge in [0.15, 0.2) is 0 Å². The number of ether oxygens (including phenoxy) is 1. The minimum Gasteiger partial charge on any atom is -0.466 e. The van der Waals surface area contributed by atoms with Crippen LogP contribution < -0.4 is 5.32 Å². The minimum absolute atomic E-state index is 0.0214. The van der Waals surface area contributed by atoms with E-state index in [-0.39, 0.29) is 18.5 Å². The third-order valence-electron chi connectivity index (χ3n) is 15.9. The molecule has 0 fully saturated rings. The Balaban J connectivity index is 3.31. The van der Waals surface area contributed by atoms with Crippen LogP contribution >= 0.6 is 0 Å². The van der Waals surface area contributed by atoms with E-state index >= 15 is 0 Å². The lowest BCUT2D eigenvalue weighted by Crippen LogP contribution is -2.45. The third-order valence-corrected chi connectivity index (χ3v) is 15.9. The van der Waals surface area contributed by atoms with Crippen LogP contribution in [0.2, 0.25) is 0 Å². The van der Waals surface area contributed by atoms with E-state index in [0.717, 1.165) is 38.5 Å². The molecule has 0 saturated carbocycles. The van der Waals surface area contributed by atoms with Crippen molar-refractivity contribution >= 4 is 11.9 Å². The number of hydrogen-bond acceptors (Lipinski definition) is 5. The van der Waals surface area contributed by atoms with E-state index < -0.39 is 12.1 Å². The Morgan fingerprint density at radius 1 is 0.333 bits per heavy atom. The monoisotopic (exact) mass is 1020 g/mol. The zero-order valence-electron chi connectivity index (χ0n) is 49.2. The molecule has 0 saturated heterocycles. The fraction of sp³-hybridized carbons (Fsp3) is 0.970. The SMILES string of the molecule is CCCCCCCCCCCCCCCCCCCCCC(=O)OCCCCCCCCCCCCCCCCCCCCCCCCCCC(=O)NC(CO)C(O)CCCCCCCCCCCCCC. The first kappa shape index (κ1) is 70.9. The van der Waals surface area contributed by atoms with E-state index in [1.807, 2.05) is 0 Å². The van der Waals surface area contributed by atoms with Crippen molar-refractivity contribution in [1.82, 2.24) is 5.32 Å². The highest BCUT2D eigenvalue weighted by Gasteiger charge is 2.20. The van der Waals surface area contributed by atoms with Gasteiger partial charge in [-0.3, -0.25) is 9.59 Å². The lowest BCUT2D eigenvalue weighted by atomic mass is 10.0. The van der Waals surface area contributed by atoms with Crippen LogP contribution in [0.15, 0.2) is 0 Å². The molecule has 0 heterocycles. The quantitative estimate of drug-likeness (QED) is 0.0417. The van der Waals surface area contributed by atoms with E-state index in [1.54, 1.807) is 0 Å². The van der Waals surface area contributed by atoms with Crippen LogP contribution in [0, 0.1) is 0 Å². The summed E-state index contributed by atoms with van der Waals surface area (Å²) in [4.78, 5) is 24.6.